The fourth-order valence-electron chi connectivity index (χ4n) is 0.393. The number of hydrogen-bond acceptors (Lipinski definition) is 4. The Labute approximate surface area is 46.4 Å². The van der Waals surface area contributed by atoms with Crippen molar-refractivity contribution in [2.75, 3.05) is 7.11 Å². The van der Waals surface area contributed by atoms with Gasteiger partial charge in [0, 0.05) is 12.4 Å². The largest absolute Gasteiger partial charge is 0.377 e. The summed E-state index contributed by atoms with van der Waals surface area (Å²) in [6.07, 6.45) is 1.52. The van der Waals surface area contributed by atoms with Crippen LogP contribution >= 0.6 is 0 Å². The van der Waals surface area contributed by atoms with Crippen molar-refractivity contribution in [3.8, 4) is 0 Å². The zero-order valence-electron chi connectivity index (χ0n) is 4.50. The molecule has 0 aliphatic heterocycles. The van der Waals surface area contributed by atoms with Gasteiger partial charge in [0.25, 0.3) is 0 Å². The molecule has 0 saturated carbocycles. The van der Waals surface area contributed by atoms with Crippen LogP contribution in [-0.4, -0.2) is 17.5 Å². The third-order valence-corrected chi connectivity index (χ3v) is 0.694. The highest BCUT2D eigenvalue weighted by Gasteiger charge is 1.92. The van der Waals surface area contributed by atoms with Crippen molar-refractivity contribution in [1.82, 2.24) is 10.4 Å². The number of aromatic nitrogens is 2. The molecule has 0 aliphatic carbocycles. The molecule has 8 heavy (non-hydrogen) atoms. The summed E-state index contributed by atoms with van der Waals surface area (Å²) in [4.78, 5) is 0. The van der Waals surface area contributed by atoms with E-state index in [1.165, 1.54) is 6.20 Å². The molecule has 4 nitrogen and oxygen atoms in total. The van der Waals surface area contributed by atoms with Crippen molar-refractivity contribution in [3.63, 3.8) is 0 Å². The number of rotatable bonds is 2. The van der Waals surface area contributed by atoms with E-state index in [-0.39, 0.29) is 0 Å². The van der Waals surface area contributed by atoms with E-state index < -0.39 is 0 Å². The number of ether oxygens (including phenoxy) is 1. The van der Waals surface area contributed by atoms with Crippen LogP contribution < -0.4 is 0 Å². The molecule has 0 fully saturated rings. The highest BCUT2D eigenvalue weighted by molar-refractivity contribution is 4.81. The van der Waals surface area contributed by atoms with E-state index in [4.69, 9.17) is 4.74 Å². The van der Waals surface area contributed by atoms with Crippen molar-refractivity contribution in [2.24, 2.45) is 0 Å². The van der Waals surface area contributed by atoms with E-state index in [1.807, 2.05) is 0 Å². The lowest BCUT2D eigenvalue weighted by atomic mass is 10.6. The third kappa shape index (κ3) is 1.04. The lowest BCUT2D eigenvalue weighted by Crippen LogP contribution is -1.81. The molecule has 0 aromatic carbocycles. The second kappa shape index (κ2) is 2.42. The maximum atomic E-state index is 4.71. The van der Waals surface area contributed by atoms with Crippen molar-refractivity contribution >= 4 is 0 Å². The lowest BCUT2D eigenvalue weighted by Gasteiger charge is -1.85. The van der Waals surface area contributed by atoms with E-state index in [0.717, 1.165) is 0 Å². The minimum absolute atomic E-state index is 0.438. The highest BCUT2D eigenvalue weighted by atomic mass is 16.5. The van der Waals surface area contributed by atoms with Gasteiger partial charge in [-0.3, -0.25) is 0 Å². The zero-order valence-corrected chi connectivity index (χ0v) is 4.50. The van der Waals surface area contributed by atoms with Crippen molar-refractivity contribution in [2.45, 2.75) is 6.61 Å². The summed E-state index contributed by atoms with van der Waals surface area (Å²) in [5.41, 5.74) is 0. The van der Waals surface area contributed by atoms with Crippen LogP contribution in [0.4, 0.5) is 0 Å². The molecule has 0 amide bonds. The van der Waals surface area contributed by atoms with Crippen LogP contribution in [0.15, 0.2) is 10.7 Å². The summed E-state index contributed by atoms with van der Waals surface area (Å²) in [7, 11) is 1.59. The standard InChI is InChI=1S/C4H6N2O2/c1-7-3-4-2-5-6-8-4/h2H,3H2,1H3. The molecule has 0 N–H and O–H groups in total. The Hall–Kier alpha value is -0.900. The molecule has 0 atom stereocenters. The summed E-state index contributed by atoms with van der Waals surface area (Å²) in [6.45, 7) is 0.438. The van der Waals surface area contributed by atoms with E-state index >= 15 is 0 Å². The van der Waals surface area contributed by atoms with Gasteiger partial charge in [-0.25, -0.2) is 0 Å². The van der Waals surface area contributed by atoms with Crippen molar-refractivity contribution in [3.05, 3.63) is 12.0 Å². The minimum Gasteiger partial charge on any atom is -0.377 e. The molecule has 1 aromatic heterocycles. The Balaban J connectivity index is 2.50. The van der Waals surface area contributed by atoms with Gasteiger partial charge < -0.3 is 9.26 Å². The molecule has 0 spiro atoms. The molecule has 0 aliphatic rings. The molecule has 1 aromatic rings. The average Bonchev–Trinajstić information content (AvgIpc) is 2.19. The Morgan fingerprint density at radius 3 is 3.25 bits per heavy atom. The maximum Gasteiger partial charge on any atom is 0.182 e. The molecular formula is C4H6N2O2. The van der Waals surface area contributed by atoms with Crippen LogP contribution in [0.5, 0.6) is 0 Å². The smallest absolute Gasteiger partial charge is 0.182 e. The summed E-state index contributed by atoms with van der Waals surface area (Å²) in [5, 5.41) is 6.68. The third-order valence-electron chi connectivity index (χ3n) is 0.694. The Kier molecular flexibility index (Phi) is 1.58. The zero-order chi connectivity index (χ0) is 5.82. The summed E-state index contributed by atoms with van der Waals surface area (Å²) in [5.74, 6) is 0.646. The van der Waals surface area contributed by atoms with Crippen LogP contribution in [0.3, 0.4) is 0 Å². The van der Waals surface area contributed by atoms with Crippen molar-refractivity contribution < 1.29 is 9.26 Å². The molecule has 0 saturated heterocycles. The van der Waals surface area contributed by atoms with Gasteiger partial charge in [-0.05, 0) is 0 Å². The highest BCUT2D eigenvalue weighted by Crippen LogP contribution is 1.93. The normalized spacial score (nSPS) is 9.62. The van der Waals surface area contributed by atoms with Crippen LogP contribution in [0.25, 0.3) is 0 Å². The molecule has 1 rings (SSSR count). The minimum atomic E-state index is 0.438. The first kappa shape index (κ1) is 5.24. The number of methoxy groups -OCH3 is 1. The Morgan fingerprint density at radius 2 is 2.75 bits per heavy atom. The Bertz CT molecular complexity index is 138. The van der Waals surface area contributed by atoms with Crippen LogP contribution in [-0.2, 0) is 11.3 Å². The molecular weight excluding hydrogens is 108 g/mol. The predicted molar refractivity (Wildman–Crippen MR) is 25.0 cm³/mol. The lowest BCUT2D eigenvalue weighted by molar-refractivity contribution is 0.155. The van der Waals surface area contributed by atoms with Crippen LogP contribution in [0, 0.1) is 0 Å². The van der Waals surface area contributed by atoms with Gasteiger partial charge in [0.2, 0.25) is 0 Å². The van der Waals surface area contributed by atoms with E-state index in [1.54, 1.807) is 7.11 Å². The first-order valence-electron chi connectivity index (χ1n) is 2.18. The van der Waals surface area contributed by atoms with Crippen LogP contribution in [0.1, 0.15) is 5.76 Å². The molecule has 1 heterocycles. The quantitative estimate of drug-likeness (QED) is 0.551. The van der Waals surface area contributed by atoms with Gasteiger partial charge in [-0.1, -0.05) is 0 Å². The monoisotopic (exact) mass is 114 g/mol. The van der Waals surface area contributed by atoms with Gasteiger partial charge in [-0.2, -0.15) is 0 Å². The van der Waals surface area contributed by atoms with Gasteiger partial charge in [0.1, 0.15) is 6.61 Å². The molecule has 0 unspecified atom stereocenters. The van der Waals surface area contributed by atoms with Gasteiger partial charge in [0.15, 0.2) is 5.76 Å². The number of nitrogens with zero attached hydrogens (tertiary/aromatic N) is 2. The summed E-state index contributed by atoms with van der Waals surface area (Å²) < 4.78 is 9.30. The summed E-state index contributed by atoms with van der Waals surface area (Å²) >= 11 is 0. The van der Waals surface area contributed by atoms with Crippen molar-refractivity contribution in [1.29, 1.82) is 0 Å². The second-order valence-corrected chi connectivity index (χ2v) is 1.32. The van der Waals surface area contributed by atoms with E-state index in [2.05, 4.69) is 14.9 Å². The fraction of sp³-hybridized carbons (Fsp3) is 0.500. The van der Waals surface area contributed by atoms with E-state index in [9.17, 15) is 0 Å². The SMILES string of the molecule is COCc1cnno1. The first-order valence-corrected chi connectivity index (χ1v) is 2.18. The number of hydrogen-bond donors (Lipinski definition) is 0. The van der Waals surface area contributed by atoms with Gasteiger partial charge >= 0.3 is 0 Å². The molecule has 4 heteroatoms. The van der Waals surface area contributed by atoms with Gasteiger partial charge in [-0.15, -0.1) is 5.10 Å². The average molecular weight is 114 g/mol. The molecule has 0 radical (unpaired) electrons. The maximum absolute atomic E-state index is 4.71. The molecule has 0 bridgehead atoms. The van der Waals surface area contributed by atoms with E-state index in [0.29, 0.717) is 12.4 Å². The fourth-order valence-corrected chi connectivity index (χ4v) is 0.393. The van der Waals surface area contributed by atoms with Crippen LogP contribution in [0.2, 0.25) is 0 Å². The topological polar surface area (TPSA) is 48.2 Å². The predicted octanol–water partition coefficient (Wildman–Crippen LogP) is 0.216. The first-order chi connectivity index (χ1) is 3.93. The molecule has 44 valence electrons. The Morgan fingerprint density at radius 1 is 1.88 bits per heavy atom. The second-order valence-electron chi connectivity index (χ2n) is 1.32. The van der Waals surface area contributed by atoms with Gasteiger partial charge in [0.05, 0.1) is 6.20 Å². The summed E-state index contributed by atoms with van der Waals surface area (Å²) in [6, 6.07) is 0.